The van der Waals surface area contributed by atoms with Crippen LogP contribution in [-0.4, -0.2) is 49.8 Å². The van der Waals surface area contributed by atoms with Crippen LogP contribution in [0.2, 0.25) is 0 Å². The van der Waals surface area contributed by atoms with Crippen LogP contribution in [0.3, 0.4) is 0 Å². The minimum atomic E-state index is -1.21. The summed E-state index contributed by atoms with van der Waals surface area (Å²) in [4.78, 5) is 14.3. The predicted molar refractivity (Wildman–Crippen MR) is 124 cm³/mol. The second-order valence-corrected chi connectivity index (χ2v) is 8.95. The van der Waals surface area contributed by atoms with Gasteiger partial charge in [0.25, 0.3) is 0 Å². The molecule has 1 aromatic rings. The zero-order valence-electron chi connectivity index (χ0n) is 19.8. The number of halogens is 1. The van der Waals surface area contributed by atoms with Crippen molar-refractivity contribution in [1.82, 2.24) is 10.2 Å². The molecule has 1 N–H and O–H groups in total. The quantitative estimate of drug-likeness (QED) is 0.543. The van der Waals surface area contributed by atoms with E-state index in [4.69, 9.17) is 4.74 Å². The highest BCUT2D eigenvalue weighted by molar-refractivity contribution is 5.78. The molecule has 4 nitrogen and oxygen atoms in total. The molecular weight excluding hydrogens is 379 g/mol. The fourth-order valence-corrected chi connectivity index (χ4v) is 3.41. The molecule has 0 aromatic heterocycles. The molecule has 1 atom stereocenters. The van der Waals surface area contributed by atoms with Crippen LogP contribution in [0.5, 0.6) is 5.75 Å². The molecule has 0 bridgehead atoms. The van der Waals surface area contributed by atoms with Gasteiger partial charge in [-0.1, -0.05) is 58.7 Å². The van der Waals surface area contributed by atoms with Crippen LogP contribution in [0, 0.1) is 11.8 Å². The van der Waals surface area contributed by atoms with E-state index in [2.05, 4.69) is 31.0 Å². The largest absolute Gasteiger partial charge is 0.497 e. The Morgan fingerprint density at radius 1 is 1.17 bits per heavy atom. The molecule has 1 unspecified atom stereocenters. The van der Waals surface area contributed by atoms with Gasteiger partial charge in [-0.25, -0.2) is 4.39 Å². The van der Waals surface area contributed by atoms with Crippen LogP contribution < -0.4 is 10.1 Å². The molecule has 1 aliphatic heterocycles. The number of nitrogens with one attached hydrogen (secondary N) is 1. The first-order valence-corrected chi connectivity index (χ1v) is 11.6. The number of rotatable bonds is 10. The Bertz CT molecular complexity index is 572. The summed E-state index contributed by atoms with van der Waals surface area (Å²) in [5.74, 6) is 1.61. The molecule has 0 aliphatic carbocycles. The normalized spacial score (nSPS) is 17.0. The smallest absolute Gasteiger partial charge is 0.222 e. The third-order valence-electron chi connectivity index (χ3n) is 5.77. The Kier molecular flexibility index (Phi) is 12.7. The summed E-state index contributed by atoms with van der Waals surface area (Å²) in [7, 11) is 1.66. The first-order valence-electron chi connectivity index (χ1n) is 11.6. The molecule has 172 valence electrons. The van der Waals surface area contributed by atoms with Crippen LogP contribution in [0.15, 0.2) is 30.3 Å². The number of hydrogen-bond acceptors (Lipinski definition) is 3. The zero-order valence-corrected chi connectivity index (χ0v) is 19.8. The lowest BCUT2D eigenvalue weighted by Gasteiger charge is -2.36. The van der Waals surface area contributed by atoms with E-state index >= 15 is 0 Å². The third kappa shape index (κ3) is 11.0. The summed E-state index contributed by atoms with van der Waals surface area (Å²) in [5.41, 5.74) is -1.21. The molecule has 1 aromatic carbocycles. The van der Waals surface area contributed by atoms with Gasteiger partial charge < -0.3 is 15.0 Å². The highest BCUT2D eigenvalue weighted by Crippen LogP contribution is 2.26. The molecule has 30 heavy (non-hydrogen) atoms. The van der Waals surface area contributed by atoms with Gasteiger partial charge in [0.1, 0.15) is 11.4 Å². The number of para-hydroxylation sites is 1. The predicted octanol–water partition coefficient (Wildman–Crippen LogP) is 5.47. The number of nitrogens with zero attached hydrogens (tertiary/aromatic N) is 1. The maximum Gasteiger partial charge on any atom is 0.222 e. The maximum atomic E-state index is 14.8. The Morgan fingerprint density at radius 3 is 2.30 bits per heavy atom. The van der Waals surface area contributed by atoms with E-state index in [0.717, 1.165) is 44.6 Å². The van der Waals surface area contributed by atoms with Gasteiger partial charge in [0.2, 0.25) is 5.91 Å². The number of piperidine rings is 1. The molecule has 0 saturated carbocycles. The highest BCUT2D eigenvalue weighted by Gasteiger charge is 2.35. The van der Waals surface area contributed by atoms with Gasteiger partial charge in [-0.3, -0.25) is 4.79 Å². The molecule has 1 saturated heterocycles. The Hall–Kier alpha value is -1.62. The molecule has 1 aliphatic rings. The number of ether oxygens (including phenoxy) is 1. The van der Waals surface area contributed by atoms with E-state index in [1.165, 1.54) is 6.42 Å². The fourth-order valence-electron chi connectivity index (χ4n) is 3.41. The van der Waals surface area contributed by atoms with Crippen LogP contribution in [-0.2, 0) is 4.79 Å². The summed E-state index contributed by atoms with van der Waals surface area (Å²) in [6.07, 6.45) is 5.29. The lowest BCUT2D eigenvalue weighted by molar-refractivity contribution is -0.125. The number of alkyl halides is 1. The summed E-state index contributed by atoms with van der Waals surface area (Å²) in [6, 6.07) is 9.68. The van der Waals surface area contributed by atoms with Crippen LogP contribution in [0.1, 0.15) is 66.2 Å². The van der Waals surface area contributed by atoms with E-state index in [1.54, 1.807) is 7.11 Å². The third-order valence-corrected chi connectivity index (χ3v) is 5.77. The topological polar surface area (TPSA) is 41.6 Å². The van der Waals surface area contributed by atoms with Crippen molar-refractivity contribution in [3.05, 3.63) is 30.3 Å². The van der Waals surface area contributed by atoms with Crippen LogP contribution >= 0.6 is 0 Å². The molecular formula is C25H43FN2O2. The van der Waals surface area contributed by atoms with Gasteiger partial charge in [-0.2, -0.15) is 0 Å². The molecule has 0 spiro atoms. The monoisotopic (exact) mass is 422 g/mol. The average molecular weight is 423 g/mol. The van der Waals surface area contributed by atoms with Crippen molar-refractivity contribution in [3.8, 4) is 5.75 Å². The van der Waals surface area contributed by atoms with Crippen molar-refractivity contribution in [3.63, 3.8) is 0 Å². The molecule has 0 radical (unpaired) electrons. The van der Waals surface area contributed by atoms with Crippen molar-refractivity contribution in [2.24, 2.45) is 11.8 Å². The standard InChI is InChI=1S/C18H35FN2O.C7H8O/c1-5-6-7-16(4)17(22)20-14-18(19)9-12-21(13-10-18)11-8-15(2)3;1-8-7-5-3-2-4-6-7/h15-16H,5-14H2,1-4H3,(H,20,22);2-6H,1H3. The lowest BCUT2D eigenvalue weighted by atomic mass is 9.92. The van der Waals surface area contributed by atoms with Gasteiger partial charge in [0.15, 0.2) is 0 Å². The summed E-state index contributed by atoms with van der Waals surface area (Å²) >= 11 is 0. The van der Waals surface area contributed by atoms with Gasteiger partial charge in [-0.15, -0.1) is 0 Å². The van der Waals surface area contributed by atoms with Crippen molar-refractivity contribution < 1.29 is 13.9 Å². The van der Waals surface area contributed by atoms with E-state index in [0.29, 0.717) is 18.8 Å². The number of methoxy groups -OCH3 is 1. The number of carbonyl (C=O) groups is 1. The van der Waals surface area contributed by atoms with Gasteiger partial charge in [0, 0.05) is 19.0 Å². The molecule has 5 heteroatoms. The van der Waals surface area contributed by atoms with E-state index in [9.17, 15) is 9.18 Å². The van der Waals surface area contributed by atoms with E-state index in [1.807, 2.05) is 37.3 Å². The minimum absolute atomic E-state index is 0.00493. The molecule has 1 amide bonds. The summed E-state index contributed by atoms with van der Waals surface area (Å²) < 4.78 is 19.7. The first-order chi connectivity index (χ1) is 14.3. The maximum absolute atomic E-state index is 14.8. The van der Waals surface area contributed by atoms with Crippen molar-refractivity contribution in [2.75, 3.05) is 33.3 Å². The SMILES string of the molecule is CCCCC(C)C(=O)NCC1(F)CCN(CCC(C)C)CC1.COc1ccccc1. The van der Waals surface area contributed by atoms with E-state index < -0.39 is 5.67 Å². The van der Waals surface area contributed by atoms with Gasteiger partial charge in [-0.05, 0) is 50.3 Å². The number of unbranched alkanes of at least 4 members (excludes halogenated alkanes) is 1. The van der Waals surface area contributed by atoms with Crippen LogP contribution in [0.25, 0.3) is 0 Å². The van der Waals surface area contributed by atoms with Crippen LogP contribution in [0.4, 0.5) is 4.39 Å². The Morgan fingerprint density at radius 2 is 1.80 bits per heavy atom. The van der Waals surface area contributed by atoms with Crippen molar-refractivity contribution in [1.29, 1.82) is 0 Å². The summed E-state index contributed by atoms with van der Waals surface area (Å²) in [6.45, 7) is 11.4. The number of hydrogen-bond donors (Lipinski definition) is 1. The van der Waals surface area contributed by atoms with E-state index in [-0.39, 0.29) is 18.4 Å². The molecule has 1 fully saturated rings. The Balaban J connectivity index is 0.000000467. The number of carbonyl (C=O) groups excluding carboxylic acids is 1. The zero-order chi connectivity index (χ0) is 22.4. The molecule has 1 heterocycles. The fraction of sp³-hybridized carbons (Fsp3) is 0.720. The van der Waals surface area contributed by atoms with Gasteiger partial charge >= 0.3 is 0 Å². The van der Waals surface area contributed by atoms with Crippen molar-refractivity contribution in [2.45, 2.75) is 71.9 Å². The second-order valence-electron chi connectivity index (χ2n) is 8.95. The highest BCUT2D eigenvalue weighted by atomic mass is 19.1. The average Bonchev–Trinajstić information content (AvgIpc) is 2.76. The lowest BCUT2D eigenvalue weighted by Crippen LogP contribution is -2.49. The minimum Gasteiger partial charge on any atom is -0.497 e. The number of likely N-dealkylation sites (tertiary alicyclic amines) is 1. The number of benzene rings is 1. The number of amides is 1. The summed E-state index contributed by atoms with van der Waals surface area (Å²) in [5, 5.41) is 2.83. The first kappa shape index (κ1) is 26.4. The molecule has 2 rings (SSSR count). The Labute approximate surface area is 183 Å². The second kappa shape index (κ2) is 14.4. The van der Waals surface area contributed by atoms with Gasteiger partial charge in [0.05, 0.1) is 13.7 Å². The van der Waals surface area contributed by atoms with Crippen molar-refractivity contribution >= 4 is 5.91 Å².